The van der Waals surface area contributed by atoms with Gasteiger partial charge >= 0.3 is 0 Å². The molecule has 32 heavy (non-hydrogen) atoms. The van der Waals surface area contributed by atoms with Crippen LogP contribution in [-0.4, -0.2) is 25.9 Å². The van der Waals surface area contributed by atoms with Gasteiger partial charge in [-0.15, -0.1) is 0 Å². The van der Waals surface area contributed by atoms with Gasteiger partial charge in [0.05, 0.1) is 4.90 Å². The molecule has 168 valence electrons. The van der Waals surface area contributed by atoms with Gasteiger partial charge in [-0.2, -0.15) is 0 Å². The number of sulfonamides is 1. The Morgan fingerprint density at radius 1 is 1.00 bits per heavy atom. The summed E-state index contributed by atoms with van der Waals surface area (Å²) < 4.78 is 32.9. The van der Waals surface area contributed by atoms with Gasteiger partial charge in [-0.05, 0) is 60.9 Å². The predicted molar refractivity (Wildman–Crippen MR) is 123 cm³/mol. The van der Waals surface area contributed by atoms with Crippen LogP contribution in [0.4, 0.5) is 0 Å². The van der Waals surface area contributed by atoms with Gasteiger partial charge in [-0.3, -0.25) is 9.78 Å². The molecule has 3 rings (SSSR count). The molecule has 2 aromatic carbocycles. The Kier molecular flexibility index (Phi) is 7.97. The lowest BCUT2D eigenvalue weighted by Gasteiger charge is -2.10. The minimum absolute atomic E-state index is 0.0300. The zero-order chi connectivity index (χ0) is 23.0. The predicted octanol–water partition coefficient (Wildman–Crippen LogP) is 3.26. The van der Waals surface area contributed by atoms with Crippen LogP contribution in [0.2, 0.25) is 0 Å². The van der Waals surface area contributed by atoms with E-state index in [0.29, 0.717) is 13.2 Å². The zero-order valence-corrected chi connectivity index (χ0v) is 19.0. The van der Waals surface area contributed by atoms with E-state index >= 15 is 0 Å². The molecular formula is C24H27N3O4S. The maximum absolute atomic E-state index is 12.4. The van der Waals surface area contributed by atoms with E-state index in [2.05, 4.69) is 15.0 Å². The molecule has 0 radical (unpaired) electrons. The fourth-order valence-corrected chi connectivity index (χ4v) is 4.02. The Hall–Kier alpha value is -3.23. The van der Waals surface area contributed by atoms with Crippen LogP contribution in [0.1, 0.15) is 28.7 Å². The normalized spacial score (nSPS) is 11.2. The van der Waals surface area contributed by atoms with E-state index in [4.69, 9.17) is 4.74 Å². The lowest BCUT2D eigenvalue weighted by molar-refractivity contribution is -0.121. The number of benzene rings is 2. The molecule has 1 aromatic heterocycles. The summed E-state index contributed by atoms with van der Waals surface area (Å²) >= 11 is 0. The van der Waals surface area contributed by atoms with Gasteiger partial charge < -0.3 is 10.1 Å². The van der Waals surface area contributed by atoms with Gasteiger partial charge in [0.1, 0.15) is 12.4 Å². The molecule has 3 aromatic rings. The Balaban J connectivity index is 1.40. The van der Waals surface area contributed by atoms with E-state index < -0.39 is 10.0 Å². The van der Waals surface area contributed by atoms with Crippen LogP contribution in [0, 0.1) is 13.8 Å². The molecule has 0 saturated carbocycles. The molecule has 0 aliphatic rings. The van der Waals surface area contributed by atoms with E-state index in [1.54, 1.807) is 30.6 Å². The third kappa shape index (κ3) is 6.90. The third-order valence-electron chi connectivity index (χ3n) is 4.97. The lowest BCUT2D eigenvalue weighted by Crippen LogP contribution is -2.30. The van der Waals surface area contributed by atoms with Crippen molar-refractivity contribution in [1.82, 2.24) is 15.0 Å². The molecule has 0 atom stereocenters. The first-order chi connectivity index (χ1) is 15.3. The smallest absolute Gasteiger partial charge is 0.240 e. The zero-order valence-electron chi connectivity index (χ0n) is 18.2. The average molecular weight is 454 g/mol. The molecule has 0 aliphatic heterocycles. The Morgan fingerprint density at radius 3 is 2.47 bits per heavy atom. The van der Waals surface area contributed by atoms with E-state index in [1.165, 1.54) is 0 Å². The summed E-state index contributed by atoms with van der Waals surface area (Å²) in [5.41, 5.74) is 3.83. The van der Waals surface area contributed by atoms with Gasteiger partial charge in [-0.25, -0.2) is 13.1 Å². The summed E-state index contributed by atoms with van der Waals surface area (Å²) in [6.07, 6.45) is 3.52. The topological polar surface area (TPSA) is 97.4 Å². The molecule has 0 spiro atoms. The van der Waals surface area contributed by atoms with Gasteiger partial charge in [0.25, 0.3) is 0 Å². The second-order valence-corrected chi connectivity index (χ2v) is 9.23. The second kappa shape index (κ2) is 10.9. The van der Waals surface area contributed by atoms with Crippen LogP contribution in [0.3, 0.4) is 0 Å². The highest BCUT2D eigenvalue weighted by molar-refractivity contribution is 7.89. The number of pyridine rings is 1. The number of carbonyl (C=O) groups is 1. The quantitative estimate of drug-likeness (QED) is 0.491. The van der Waals surface area contributed by atoms with Crippen molar-refractivity contribution in [2.75, 3.05) is 6.54 Å². The van der Waals surface area contributed by atoms with Crippen molar-refractivity contribution in [2.24, 2.45) is 0 Å². The van der Waals surface area contributed by atoms with Crippen LogP contribution in [0.5, 0.6) is 5.75 Å². The number of aryl methyl sites for hydroxylation is 2. The monoisotopic (exact) mass is 453 g/mol. The molecule has 8 heteroatoms. The maximum atomic E-state index is 12.4. The number of amides is 1. The molecule has 2 N–H and O–H groups in total. The number of nitrogens with one attached hydrogen (secondary N) is 2. The number of nitrogens with zero attached hydrogens (tertiary/aromatic N) is 1. The van der Waals surface area contributed by atoms with Crippen molar-refractivity contribution in [1.29, 1.82) is 0 Å². The molecule has 1 heterocycles. The number of carbonyl (C=O) groups excluding carboxylic acids is 1. The molecule has 1 amide bonds. The van der Waals surface area contributed by atoms with E-state index in [9.17, 15) is 13.2 Å². The first-order valence-electron chi connectivity index (χ1n) is 10.3. The second-order valence-electron chi connectivity index (χ2n) is 7.46. The van der Waals surface area contributed by atoms with Crippen LogP contribution < -0.4 is 14.8 Å². The minimum atomic E-state index is -3.64. The van der Waals surface area contributed by atoms with Crippen molar-refractivity contribution in [3.63, 3.8) is 0 Å². The Morgan fingerprint density at radius 2 is 1.78 bits per heavy atom. The van der Waals surface area contributed by atoms with Crippen LogP contribution in [0.15, 0.2) is 71.9 Å². The molecule has 7 nitrogen and oxygen atoms in total. The van der Waals surface area contributed by atoms with Gasteiger partial charge in [-0.1, -0.05) is 24.3 Å². The van der Waals surface area contributed by atoms with Crippen LogP contribution in [-0.2, 0) is 28.0 Å². The van der Waals surface area contributed by atoms with Crippen molar-refractivity contribution < 1.29 is 17.9 Å². The summed E-state index contributed by atoms with van der Waals surface area (Å²) in [5, 5.41) is 2.80. The lowest BCUT2D eigenvalue weighted by atomic mass is 10.1. The first kappa shape index (κ1) is 23.4. The fourth-order valence-electron chi connectivity index (χ4n) is 2.91. The van der Waals surface area contributed by atoms with Crippen molar-refractivity contribution in [2.45, 2.75) is 38.3 Å². The molecule has 0 fully saturated rings. The summed E-state index contributed by atoms with van der Waals surface area (Å²) in [4.78, 5) is 16.3. The van der Waals surface area contributed by atoms with E-state index in [1.807, 2.05) is 50.2 Å². The number of hydrogen-bond acceptors (Lipinski definition) is 5. The van der Waals surface area contributed by atoms with Crippen molar-refractivity contribution in [3.05, 3.63) is 89.2 Å². The van der Waals surface area contributed by atoms with E-state index in [-0.39, 0.29) is 23.8 Å². The molecule has 0 bridgehead atoms. The average Bonchev–Trinajstić information content (AvgIpc) is 2.79. The highest BCUT2D eigenvalue weighted by Crippen LogP contribution is 2.15. The van der Waals surface area contributed by atoms with Gasteiger partial charge in [0, 0.05) is 37.5 Å². The SMILES string of the molecule is Cc1ccc(S(=O)(=O)NCCC(=O)NCc2ccc(OCc3cccnc3)cc2)cc1C. The third-order valence-corrected chi connectivity index (χ3v) is 6.43. The number of hydrogen-bond donors (Lipinski definition) is 2. The number of rotatable bonds is 10. The van der Waals surface area contributed by atoms with Gasteiger partial charge in [0.15, 0.2) is 0 Å². The number of aromatic nitrogens is 1. The van der Waals surface area contributed by atoms with Crippen molar-refractivity contribution in [3.8, 4) is 5.75 Å². The molecule has 0 unspecified atom stereocenters. The summed E-state index contributed by atoms with van der Waals surface area (Å²) in [5.74, 6) is 0.495. The highest BCUT2D eigenvalue weighted by atomic mass is 32.2. The molecule has 0 saturated heterocycles. The Bertz CT molecular complexity index is 1150. The summed E-state index contributed by atoms with van der Waals surface area (Å²) in [6.45, 7) is 4.60. The van der Waals surface area contributed by atoms with E-state index in [0.717, 1.165) is 28.0 Å². The minimum Gasteiger partial charge on any atom is -0.489 e. The highest BCUT2D eigenvalue weighted by Gasteiger charge is 2.14. The Labute approximate surface area is 188 Å². The van der Waals surface area contributed by atoms with Gasteiger partial charge in [0.2, 0.25) is 15.9 Å². The van der Waals surface area contributed by atoms with Crippen LogP contribution in [0.25, 0.3) is 0 Å². The van der Waals surface area contributed by atoms with Crippen LogP contribution >= 0.6 is 0 Å². The molecule has 0 aliphatic carbocycles. The fraction of sp³-hybridized carbons (Fsp3) is 0.250. The standard InChI is InChI=1S/C24H27N3O4S/c1-18-5-10-23(14-19(18)2)32(29,30)27-13-11-24(28)26-16-20-6-8-22(9-7-20)31-17-21-4-3-12-25-15-21/h3-10,12,14-15,27H,11,13,16-17H2,1-2H3,(H,26,28). The number of ether oxygens (including phenoxy) is 1. The van der Waals surface area contributed by atoms with Crippen molar-refractivity contribution >= 4 is 15.9 Å². The summed E-state index contributed by atoms with van der Waals surface area (Å²) in [7, 11) is -3.64. The largest absolute Gasteiger partial charge is 0.489 e. The first-order valence-corrected chi connectivity index (χ1v) is 11.8. The maximum Gasteiger partial charge on any atom is 0.240 e. The summed E-state index contributed by atoms with van der Waals surface area (Å²) in [6, 6.07) is 16.2. The molecular weight excluding hydrogens is 426 g/mol.